The highest BCUT2D eigenvalue weighted by molar-refractivity contribution is 5.76. The summed E-state index contributed by atoms with van der Waals surface area (Å²) in [5, 5.41) is 0. The molecule has 1 aromatic heterocycles. The molecule has 84 valence electrons. The van der Waals surface area contributed by atoms with Gasteiger partial charge >= 0.3 is 0 Å². The van der Waals surface area contributed by atoms with Crippen LogP contribution >= 0.6 is 0 Å². The quantitative estimate of drug-likeness (QED) is 0.622. The smallest absolute Gasteiger partial charge is 0.235 e. The number of carbonyl (C=O) groups excluding carboxylic acids is 1. The van der Waals surface area contributed by atoms with Gasteiger partial charge in [0.1, 0.15) is 5.82 Å². The van der Waals surface area contributed by atoms with Crippen molar-refractivity contribution in [1.82, 2.24) is 9.97 Å². The van der Waals surface area contributed by atoms with Gasteiger partial charge < -0.3 is 5.73 Å². The van der Waals surface area contributed by atoms with Crippen molar-refractivity contribution in [3.05, 3.63) is 30.0 Å². The third kappa shape index (κ3) is 1.57. The Morgan fingerprint density at radius 2 is 2.18 bits per heavy atom. The molecule has 2 aromatic rings. The van der Waals surface area contributed by atoms with Crippen LogP contribution in [0, 0.1) is 0 Å². The van der Waals surface area contributed by atoms with Crippen molar-refractivity contribution in [2.75, 3.05) is 5.73 Å². The molecule has 0 radical (unpaired) electrons. The van der Waals surface area contributed by atoms with E-state index in [1.54, 1.807) is 6.08 Å². The number of isocyanates is 1. The van der Waals surface area contributed by atoms with E-state index in [1.807, 2.05) is 18.2 Å². The number of fused-ring (bicyclic) bond motifs is 1. The van der Waals surface area contributed by atoms with E-state index in [0.717, 1.165) is 29.4 Å². The lowest BCUT2D eigenvalue weighted by Gasteiger charge is -2.08. The van der Waals surface area contributed by atoms with Crippen molar-refractivity contribution >= 4 is 22.9 Å². The zero-order chi connectivity index (χ0) is 11.9. The molecule has 0 aliphatic heterocycles. The summed E-state index contributed by atoms with van der Waals surface area (Å²) in [4.78, 5) is 22.7. The van der Waals surface area contributed by atoms with Gasteiger partial charge in [-0.1, -0.05) is 6.07 Å². The average molecular weight is 226 g/mol. The van der Waals surface area contributed by atoms with Gasteiger partial charge in [-0.3, -0.25) is 4.98 Å². The van der Waals surface area contributed by atoms with Gasteiger partial charge in [-0.2, -0.15) is 4.99 Å². The fourth-order valence-corrected chi connectivity index (χ4v) is 1.99. The second-order valence-corrected chi connectivity index (χ2v) is 4.23. The number of hydrogen-bond acceptors (Lipinski definition) is 5. The number of hydrogen-bond donors (Lipinski definition) is 1. The summed E-state index contributed by atoms with van der Waals surface area (Å²) in [6.07, 6.45) is 4.94. The van der Waals surface area contributed by atoms with Crippen molar-refractivity contribution in [1.29, 1.82) is 0 Å². The second kappa shape index (κ2) is 3.37. The molecule has 1 heterocycles. The van der Waals surface area contributed by atoms with Gasteiger partial charge in [0.25, 0.3) is 0 Å². The highest BCUT2D eigenvalue weighted by Crippen LogP contribution is 2.49. The van der Waals surface area contributed by atoms with Crippen molar-refractivity contribution in [2.24, 2.45) is 4.99 Å². The molecule has 1 aliphatic carbocycles. The van der Waals surface area contributed by atoms with Crippen LogP contribution in [-0.4, -0.2) is 16.0 Å². The Balaban J connectivity index is 2.14. The first-order chi connectivity index (χ1) is 8.23. The summed E-state index contributed by atoms with van der Waals surface area (Å²) in [7, 11) is 0. The molecular weight excluding hydrogens is 216 g/mol. The highest BCUT2D eigenvalue weighted by atomic mass is 16.1. The zero-order valence-electron chi connectivity index (χ0n) is 9.05. The van der Waals surface area contributed by atoms with Gasteiger partial charge in [0.05, 0.1) is 22.8 Å². The molecule has 1 saturated carbocycles. The number of nitrogens with two attached hydrogens (primary N) is 1. The van der Waals surface area contributed by atoms with E-state index >= 15 is 0 Å². The standard InChI is InChI=1S/C12H10N4O/c13-11-6-14-10-5-8(1-2-9(10)16-11)12(3-4-12)15-7-17/h1-2,5-6H,3-4H2,(H2,13,16). The SMILES string of the molecule is Nc1cnc2cc(C3(N=C=O)CC3)ccc2n1. The lowest BCUT2D eigenvalue weighted by Crippen LogP contribution is -2.02. The topological polar surface area (TPSA) is 81.2 Å². The van der Waals surface area contributed by atoms with Crippen molar-refractivity contribution < 1.29 is 4.79 Å². The highest BCUT2D eigenvalue weighted by Gasteiger charge is 2.44. The maximum Gasteiger partial charge on any atom is 0.235 e. The van der Waals surface area contributed by atoms with Gasteiger partial charge in [-0.05, 0) is 30.5 Å². The zero-order valence-corrected chi connectivity index (χ0v) is 9.05. The lowest BCUT2D eigenvalue weighted by atomic mass is 10.0. The molecular formula is C12H10N4O. The van der Waals surface area contributed by atoms with Crippen LogP contribution in [-0.2, 0) is 10.3 Å². The molecule has 1 aromatic carbocycles. The van der Waals surface area contributed by atoms with Gasteiger partial charge in [0.2, 0.25) is 6.08 Å². The maximum atomic E-state index is 10.4. The van der Waals surface area contributed by atoms with Crippen LogP contribution in [0.1, 0.15) is 18.4 Å². The Hall–Kier alpha value is -2.26. The summed E-state index contributed by atoms with van der Waals surface area (Å²) in [5.41, 5.74) is 7.71. The molecule has 5 heteroatoms. The predicted octanol–water partition coefficient (Wildman–Crippen LogP) is 1.54. The Morgan fingerprint density at radius 1 is 1.35 bits per heavy atom. The number of nitrogen functional groups attached to an aromatic ring is 1. The minimum Gasteiger partial charge on any atom is -0.382 e. The van der Waals surface area contributed by atoms with Crippen LogP contribution < -0.4 is 5.73 Å². The molecule has 0 atom stereocenters. The Kier molecular flexibility index (Phi) is 1.97. The molecule has 1 fully saturated rings. The van der Waals surface area contributed by atoms with E-state index in [4.69, 9.17) is 5.73 Å². The van der Waals surface area contributed by atoms with Crippen LogP contribution in [0.15, 0.2) is 29.4 Å². The molecule has 17 heavy (non-hydrogen) atoms. The monoisotopic (exact) mass is 226 g/mol. The summed E-state index contributed by atoms with van der Waals surface area (Å²) < 4.78 is 0. The molecule has 0 amide bonds. The fourth-order valence-electron chi connectivity index (χ4n) is 1.99. The van der Waals surface area contributed by atoms with Crippen LogP contribution in [0.3, 0.4) is 0 Å². The largest absolute Gasteiger partial charge is 0.382 e. The Morgan fingerprint density at radius 3 is 2.88 bits per heavy atom. The molecule has 0 spiro atoms. The molecule has 3 rings (SSSR count). The molecule has 0 unspecified atom stereocenters. The van der Waals surface area contributed by atoms with Gasteiger partial charge in [0.15, 0.2) is 0 Å². The third-order valence-electron chi connectivity index (χ3n) is 3.08. The van der Waals surface area contributed by atoms with E-state index in [1.165, 1.54) is 6.20 Å². The first-order valence-electron chi connectivity index (χ1n) is 5.35. The Labute approximate surface area is 97.4 Å². The molecule has 2 N–H and O–H groups in total. The van der Waals surface area contributed by atoms with E-state index in [-0.39, 0.29) is 5.54 Å². The first-order valence-corrected chi connectivity index (χ1v) is 5.35. The normalized spacial score (nSPS) is 16.5. The van der Waals surface area contributed by atoms with Crippen LogP contribution in [0.25, 0.3) is 11.0 Å². The van der Waals surface area contributed by atoms with Crippen molar-refractivity contribution in [2.45, 2.75) is 18.4 Å². The minimum atomic E-state index is -0.362. The number of nitrogens with zero attached hydrogens (tertiary/aromatic N) is 3. The number of aromatic nitrogens is 2. The fraction of sp³-hybridized carbons (Fsp3) is 0.250. The molecule has 5 nitrogen and oxygen atoms in total. The van der Waals surface area contributed by atoms with E-state index in [2.05, 4.69) is 15.0 Å². The number of aliphatic imine (C=N–C) groups is 1. The molecule has 0 bridgehead atoms. The Bertz CT molecular complexity index is 642. The number of benzene rings is 1. The van der Waals surface area contributed by atoms with E-state index < -0.39 is 0 Å². The minimum absolute atomic E-state index is 0.362. The number of rotatable bonds is 2. The summed E-state index contributed by atoms with van der Waals surface area (Å²) in [6, 6.07) is 5.69. The molecule has 0 saturated heterocycles. The third-order valence-corrected chi connectivity index (χ3v) is 3.08. The van der Waals surface area contributed by atoms with E-state index in [9.17, 15) is 4.79 Å². The van der Waals surface area contributed by atoms with Crippen LogP contribution in [0.4, 0.5) is 5.82 Å². The van der Waals surface area contributed by atoms with Crippen molar-refractivity contribution in [3.63, 3.8) is 0 Å². The van der Waals surface area contributed by atoms with E-state index in [0.29, 0.717) is 5.82 Å². The summed E-state index contributed by atoms with van der Waals surface area (Å²) in [6.45, 7) is 0. The number of anilines is 1. The summed E-state index contributed by atoms with van der Waals surface area (Å²) >= 11 is 0. The first kappa shape index (κ1) is 9.93. The van der Waals surface area contributed by atoms with Gasteiger partial charge in [-0.15, -0.1) is 0 Å². The average Bonchev–Trinajstić information content (AvgIpc) is 3.10. The predicted molar refractivity (Wildman–Crippen MR) is 63.0 cm³/mol. The maximum absolute atomic E-state index is 10.4. The second-order valence-electron chi connectivity index (χ2n) is 4.23. The van der Waals surface area contributed by atoms with Crippen LogP contribution in [0.5, 0.6) is 0 Å². The van der Waals surface area contributed by atoms with Gasteiger partial charge in [-0.25, -0.2) is 9.78 Å². The van der Waals surface area contributed by atoms with Crippen LogP contribution in [0.2, 0.25) is 0 Å². The lowest BCUT2D eigenvalue weighted by molar-refractivity contribution is 0.556. The summed E-state index contributed by atoms with van der Waals surface area (Å²) in [5.74, 6) is 0.400. The molecule has 1 aliphatic rings. The van der Waals surface area contributed by atoms with Gasteiger partial charge in [0, 0.05) is 0 Å². The van der Waals surface area contributed by atoms with Crippen molar-refractivity contribution in [3.8, 4) is 0 Å².